The molecule has 24 heavy (non-hydrogen) atoms. The van der Waals surface area contributed by atoms with Crippen molar-refractivity contribution in [3.05, 3.63) is 22.5 Å². The Balaban J connectivity index is 1.86. The van der Waals surface area contributed by atoms with Gasteiger partial charge in [0.05, 0.1) is 5.69 Å². The van der Waals surface area contributed by atoms with Gasteiger partial charge >= 0.3 is 0 Å². The van der Waals surface area contributed by atoms with Gasteiger partial charge in [-0.15, -0.1) is 22.7 Å². The van der Waals surface area contributed by atoms with Crippen LogP contribution in [0.4, 0.5) is 0 Å². The van der Waals surface area contributed by atoms with Gasteiger partial charge in [-0.1, -0.05) is 33.6 Å². The molecule has 4 nitrogen and oxygen atoms in total. The van der Waals surface area contributed by atoms with Crippen molar-refractivity contribution in [1.82, 2.24) is 9.29 Å². The van der Waals surface area contributed by atoms with Crippen molar-refractivity contribution in [3.63, 3.8) is 0 Å². The molecule has 7 heteroatoms. The van der Waals surface area contributed by atoms with Crippen molar-refractivity contribution in [2.45, 2.75) is 56.1 Å². The van der Waals surface area contributed by atoms with E-state index in [-0.39, 0.29) is 5.41 Å². The molecule has 2 aromatic heterocycles. The first kappa shape index (κ1) is 18.0. The lowest BCUT2D eigenvalue weighted by molar-refractivity contribution is 0.425. The van der Waals surface area contributed by atoms with Crippen molar-refractivity contribution in [2.75, 3.05) is 13.1 Å². The van der Waals surface area contributed by atoms with Crippen LogP contribution in [-0.2, 0) is 15.4 Å². The van der Waals surface area contributed by atoms with Gasteiger partial charge in [0, 0.05) is 34.8 Å². The minimum Gasteiger partial charge on any atom is -0.241 e. The highest BCUT2D eigenvalue weighted by Crippen LogP contribution is 2.34. The monoisotopic (exact) mass is 384 g/mol. The molecule has 0 bridgehead atoms. The molecule has 0 amide bonds. The van der Waals surface area contributed by atoms with Gasteiger partial charge in [-0.25, -0.2) is 13.4 Å². The van der Waals surface area contributed by atoms with Gasteiger partial charge < -0.3 is 0 Å². The van der Waals surface area contributed by atoms with Crippen LogP contribution in [0.25, 0.3) is 10.6 Å². The first-order chi connectivity index (χ1) is 11.3. The maximum Gasteiger partial charge on any atom is 0.252 e. The number of hydrogen-bond donors (Lipinski definition) is 0. The Morgan fingerprint density at radius 2 is 1.71 bits per heavy atom. The van der Waals surface area contributed by atoms with Crippen LogP contribution in [0.2, 0.25) is 0 Å². The van der Waals surface area contributed by atoms with E-state index in [1.165, 1.54) is 11.3 Å². The Morgan fingerprint density at radius 1 is 1.04 bits per heavy atom. The minimum atomic E-state index is -3.37. The summed E-state index contributed by atoms with van der Waals surface area (Å²) in [5.41, 5.74) is 1.96. The molecule has 0 N–H and O–H groups in total. The zero-order valence-corrected chi connectivity index (χ0v) is 16.9. The van der Waals surface area contributed by atoms with E-state index in [1.807, 2.05) is 5.38 Å². The van der Waals surface area contributed by atoms with Crippen LogP contribution < -0.4 is 0 Å². The first-order valence-electron chi connectivity index (χ1n) is 8.33. The second-order valence-electron chi connectivity index (χ2n) is 7.26. The molecular formula is C17H24N2O2S3. The fourth-order valence-electron chi connectivity index (χ4n) is 2.72. The Bertz CT molecular complexity index is 792. The molecule has 2 aromatic rings. The van der Waals surface area contributed by atoms with E-state index in [0.717, 1.165) is 41.9 Å². The van der Waals surface area contributed by atoms with Crippen molar-refractivity contribution in [1.29, 1.82) is 0 Å². The molecule has 0 radical (unpaired) electrons. The molecule has 0 unspecified atom stereocenters. The van der Waals surface area contributed by atoms with E-state index in [4.69, 9.17) is 4.98 Å². The average Bonchev–Trinajstić information content (AvgIpc) is 3.10. The lowest BCUT2D eigenvalue weighted by atomic mass is 9.93. The third-order valence-corrected chi connectivity index (χ3v) is 8.46. The lowest BCUT2D eigenvalue weighted by Gasteiger charge is -2.18. The van der Waals surface area contributed by atoms with E-state index >= 15 is 0 Å². The van der Waals surface area contributed by atoms with Gasteiger partial charge in [0.15, 0.2) is 0 Å². The second kappa shape index (κ2) is 6.86. The summed E-state index contributed by atoms with van der Waals surface area (Å²) in [6.45, 7) is 7.68. The maximum atomic E-state index is 12.9. The summed E-state index contributed by atoms with van der Waals surface area (Å²) in [7, 11) is -3.37. The van der Waals surface area contributed by atoms with Crippen molar-refractivity contribution in [3.8, 4) is 10.6 Å². The van der Waals surface area contributed by atoms with E-state index < -0.39 is 10.0 Å². The highest BCUT2D eigenvalue weighted by molar-refractivity contribution is 7.91. The lowest BCUT2D eigenvalue weighted by Crippen LogP contribution is -2.31. The first-order valence-corrected chi connectivity index (χ1v) is 11.5. The normalized spacial score (nSPS) is 17.8. The van der Waals surface area contributed by atoms with E-state index in [2.05, 4.69) is 26.2 Å². The molecule has 0 spiro atoms. The van der Waals surface area contributed by atoms with E-state index in [9.17, 15) is 8.42 Å². The summed E-state index contributed by atoms with van der Waals surface area (Å²) >= 11 is 2.89. The predicted octanol–water partition coefficient (Wildman–Crippen LogP) is 4.73. The quantitative estimate of drug-likeness (QED) is 0.768. The third kappa shape index (κ3) is 3.74. The van der Waals surface area contributed by atoms with Crippen LogP contribution in [0.1, 0.15) is 52.1 Å². The molecule has 1 saturated heterocycles. The van der Waals surface area contributed by atoms with Crippen molar-refractivity contribution >= 4 is 32.7 Å². The molecule has 0 aliphatic carbocycles. The van der Waals surface area contributed by atoms with E-state index in [0.29, 0.717) is 17.3 Å². The van der Waals surface area contributed by atoms with Gasteiger partial charge in [-0.2, -0.15) is 4.31 Å². The molecule has 1 aliphatic rings. The molecule has 1 fully saturated rings. The summed E-state index contributed by atoms with van der Waals surface area (Å²) in [5, 5.41) is 4.87. The summed E-state index contributed by atoms with van der Waals surface area (Å²) in [6.07, 6.45) is 4.16. The highest BCUT2D eigenvalue weighted by atomic mass is 32.2. The van der Waals surface area contributed by atoms with Crippen LogP contribution in [0.3, 0.4) is 0 Å². The Kier molecular flexibility index (Phi) is 5.16. The van der Waals surface area contributed by atoms with Crippen molar-refractivity contribution < 1.29 is 8.42 Å². The zero-order chi connectivity index (χ0) is 17.4. The zero-order valence-electron chi connectivity index (χ0n) is 14.4. The second-order valence-corrected chi connectivity index (χ2v) is 11.2. The largest absolute Gasteiger partial charge is 0.252 e. The molecule has 3 rings (SSSR count). The number of sulfonamides is 1. The maximum absolute atomic E-state index is 12.9. The fourth-order valence-corrected chi connectivity index (χ4v) is 6.67. The van der Waals surface area contributed by atoms with Gasteiger partial charge in [0.25, 0.3) is 10.0 Å². The number of nitrogens with zero attached hydrogens (tertiary/aromatic N) is 2. The Hall–Kier alpha value is -0.760. The topological polar surface area (TPSA) is 50.3 Å². The SMILES string of the molecule is CC(C)(C)c1csc(-c2csc(S(=O)(=O)N3CCCCCC3)c2)n1. The molecule has 0 aromatic carbocycles. The van der Waals surface area contributed by atoms with Gasteiger partial charge in [-0.05, 0) is 18.9 Å². The minimum absolute atomic E-state index is 0.00568. The molecule has 3 heterocycles. The van der Waals surface area contributed by atoms with Crippen LogP contribution in [-0.4, -0.2) is 30.8 Å². The Labute approximate surface area is 152 Å². The standard InChI is InChI=1S/C17H24N2O2S3/c1-17(2,3)14-12-23-16(18-14)13-10-15(22-11-13)24(20,21)19-8-6-4-5-7-9-19/h10-12H,4-9H2,1-3H3. The number of rotatable bonds is 3. The van der Waals surface area contributed by atoms with Gasteiger partial charge in [0.2, 0.25) is 0 Å². The van der Waals surface area contributed by atoms with Crippen molar-refractivity contribution in [2.24, 2.45) is 0 Å². The average molecular weight is 385 g/mol. The van der Waals surface area contributed by atoms with Gasteiger partial charge in [0.1, 0.15) is 9.22 Å². The number of thiophene rings is 1. The summed E-state index contributed by atoms with van der Waals surface area (Å²) in [4.78, 5) is 4.69. The molecule has 132 valence electrons. The number of hydrogen-bond acceptors (Lipinski definition) is 5. The third-order valence-electron chi connectivity index (χ3n) is 4.25. The molecule has 1 aliphatic heterocycles. The Morgan fingerprint density at radius 3 is 2.29 bits per heavy atom. The highest BCUT2D eigenvalue weighted by Gasteiger charge is 2.27. The van der Waals surface area contributed by atoms with Gasteiger partial charge in [-0.3, -0.25) is 0 Å². The van der Waals surface area contributed by atoms with E-state index in [1.54, 1.807) is 21.7 Å². The van der Waals surface area contributed by atoms with Crippen LogP contribution in [0, 0.1) is 0 Å². The summed E-state index contributed by atoms with van der Waals surface area (Å²) in [5.74, 6) is 0. The van der Waals surface area contributed by atoms with Crippen LogP contribution in [0.15, 0.2) is 21.0 Å². The fraction of sp³-hybridized carbons (Fsp3) is 0.588. The molecule has 0 saturated carbocycles. The molecular weight excluding hydrogens is 360 g/mol. The summed E-state index contributed by atoms with van der Waals surface area (Å²) in [6, 6.07) is 1.79. The molecule has 0 atom stereocenters. The number of thiazole rings is 1. The number of aromatic nitrogens is 1. The summed E-state index contributed by atoms with van der Waals surface area (Å²) < 4.78 is 27.8. The van der Waals surface area contributed by atoms with Crippen LogP contribution in [0.5, 0.6) is 0 Å². The van der Waals surface area contributed by atoms with Crippen LogP contribution >= 0.6 is 22.7 Å². The predicted molar refractivity (Wildman–Crippen MR) is 101 cm³/mol. The smallest absolute Gasteiger partial charge is 0.241 e.